The van der Waals surface area contributed by atoms with E-state index < -0.39 is 9.84 Å². The highest BCUT2D eigenvalue weighted by molar-refractivity contribution is 7.89. The topological polar surface area (TPSA) is 99.1 Å². The van der Waals surface area contributed by atoms with Crippen molar-refractivity contribution in [1.29, 1.82) is 0 Å². The van der Waals surface area contributed by atoms with Gasteiger partial charge in [-0.15, -0.1) is 0 Å². The van der Waals surface area contributed by atoms with Crippen molar-refractivity contribution >= 4 is 9.84 Å². The van der Waals surface area contributed by atoms with Crippen molar-refractivity contribution < 1.29 is 12.9 Å². The molecule has 0 spiro atoms. The molecule has 74 valence electrons. The maximum Gasteiger partial charge on any atom is 0.243 e. The van der Waals surface area contributed by atoms with Crippen molar-refractivity contribution in [3.63, 3.8) is 0 Å². The Labute approximate surface area is 76.0 Å². The van der Waals surface area contributed by atoms with Crippen LogP contribution >= 0.6 is 0 Å². The maximum absolute atomic E-state index is 10.8. The van der Waals surface area contributed by atoms with Crippen molar-refractivity contribution in [3.8, 4) is 0 Å². The minimum absolute atomic E-state index is 0.148. The number of aromatic nitrogens is 2. The van der Waals surface area contributed by atoms with Crippen molar-refractivity contribution in [1.82, 2.24) is 10.1 Å². The summed E-state index contributed by atoms with van der Waals surface area (Å²) < 4.78 is 26.4. The number of sulfone groups is 1. The minimum Gasteiger partial charge on any atom is -0.338 e. The molecule has 13 heavy (non-hydrogen) atoms. The van der Waals surface area contributed by atoms with Crippen LogP contribution in [0.25, 0.3) is 0 Å². The molecule has 0 aliphatic carbocycles. The van der Waals surface area contributed by atoms with E-state index in [2.05, 4.69) is 10.1 Å². The van der Waals surface area contributed by atoms with Gasteiger partial charge in [0.1, 0.15) is 5.75 Å². The average molecular weight is 205 g/mol. The highest BCUT2D eigenvalue weighted by Crippen LogP contribution is 2.07. The molecule has 0 radical (unpaired) electrons. The van der Waals surface area contributed by atoms with Gasteiger partial charge in [-0.25, -0.2) is 8.42 Å². The monoisotopic (exact) mass is 205 g/mol. The van der Waals surface area contributed by atoms with Gasteiger partial charge in [0.2, 0.25) is 5.89 Å². The van der Waals surface area contributed by atoms with E-state index in [9.17, 15) is 8.42 Å². The van der Waals surface area contributed by atoms with Gasteiger partial charge in [-0.1, -0.05) is 5.16 Å². The van der Waals surface area contributed by atoms with Crippen molar-refractivity contribution in [2.24, 2.45) is 5.73 Å². The van der Waals surface area contributed by atoms with Crippen molar-refractivity contribution in [2.75, 3.05) is 6.26 Å². The molecular weight excluding hydrogens is 194 g/mol. The van der Waals surface area contributed by atoms with Gasteiger partial charge in [0, 0.05) is 6.26 Å². The third-order valence-corrected chi connectivity index (χ3v) is 2.05. The van der Waals surface area contributed by atoms with Crippen LogP contribution in [0.2, 0.25) is 0 Å². The molecule has 1 aromatic heterocycles. The fraction of sp³-hybridized carbons (Fsp3) is 0.667. The Kier molecular flexibility index (Phi) is 2.67. The lowest BCUT2D eigenvalue weighted by atomic mass is 10.4. The van der Waals surface area contributed by atoms with E-state index in [0.29, 0.717) is 0 Å². The Hall–Kier alpha value is -0.950. The molecule has 0 bridgehead atoms. The molecule has 0 amide bonds. The van der Waals surface area contributed by atoms with Crippen LogP contribution in [0.3, 0.4) is 0 Å². The molecule has 7 heteroatoms. The maximum atomic E-state index is 10.8. The molecule has 6 nitrogen and oxygen atoms in total. The molecule has 1 rings (SSSR count). The van der Waals surface area contributed by atoms with E-state index in [4.69, 9.17) is 10.3 Å². The largest absolute Gasteiger partial charge is 0.338 e. The van der Waals surface area contributed by atoms with Crippen LogP contribution in [-0.2, 0) is 15.6 Å². The summed E-state index contributed by atoms with van der Waals surface area (Å²) in [5.74, 6) is 0.178. The lowest BCUT2D eigenvalue weighted by Crippen LogP contribution is -2.06. The van der Waals surface area contributed by atoms with Crippen LogP contribution < -0.4 is 5.73 Å². The fourth-order valence-corrected chi connectivity index (χ4v) is 1.33. The predicted molar refractivity (Wildman–Crippen MR) is 45.4 cm³/mol. The summed E-state index contributed by atoms with van der Waals surface area (Å²) in [6.45, 7) is 1.68. The van der Waals surface area contributed by atoms with Crippen LogP contribution in [0.4, 0.5) is 0 Å². The Morgan fingerprint density at radius 1 is 1.62 bits per heavy atom. The quantitative estimate of drug-likeness (QED) is 0.723. The summed E-state index contributed by atoms with van der Waals surface area (Å²) >= 11 is 0. The van der Waals surface area contributed by atoms with E-state index in [0.717, 1.165) is 6.26 Å². The van der Waals surface area contributed by atoms with Gasteiger partial charge in [0.05, 0.1) is 6.04 Å². The van der Waals surface area contributed by atoms with Gasteiger partial charge < -0.3 is 10.3 Å². The third-order valence-electron chi connectivity index (χ3n) is 1.26. The van der Waals surface area contributed by atoms with Gasteiger partial charge in [0.15, 0.2) is 15.7 Å². The number of hydrogen-bond acceptors (Lipinski definition) is 6. The zero-order valence-corrected chi connectivity index (χ0v) is 8.21. The molecule has 0 fully saturated rings. The number of rotatable bonds is 3. The first kappa shape index (κ1) is 10.1. The highest BCUT2D eigenvalue weighted by atomic mass is 32.2. The average Bonchev–Trinajstić information content (AvgIpc) is 2.31. The summed E-state index contributed by atoms with van der Waals surface area (Å²) in [6.07, 6.45) is 1.11. The minimum atomic E-state index is -3.12. The smallest absolute Gasteiger partial charge is 0.243 e. The van der Waals surface area contributed by atoms with E-state index in [1.807, 2.05) is 0 Å². The number of hydrogen-bond donors (Lipinski definition) is 1. The second-order valence-corrected chi connectivity index (χ2v) is 5.05. The van der Waals surface area contributed by atoms with E-state index in [-0.39, 0.29) is 23.5 Å². The van der Waals surface area contributed by atoms with E-state index >= 15 is 0 Å². The zero-order valence-electron chi connectivity index (χ0n) is 7.39. The van der Waals surface area contributed by atoms with Crippen LogP contribution in [0.15, 0.2) is 4.52 Å². The molecule has 1 atom stereocenters. The fourth-order valence-electron chi connectivity index (χ4n) is 0.746. The first-order chi connectivity index (χ1) is 5.88. The predicted octanol–water partition coefficient (Wildman–Crippen LogP) is -0.366. The molecule has 0 aliphatic heterocycles. The molecule has 0 aliphatic rings. The summed E-state index contributed by atoms with van der Waals surface area (Å²) in [6, 6.07) is -0.374. The summed E-state index contributed by atoms with van der Waals surface area (Å²) in [5, 5.41) is 3.48. The lowest BCUT2D eigenvalue weighted by molar-refractivity contribution is 0.358. The molecule has 0 aromatic carbocycles. The Morgan fingerprint density at radius 2 is 2.23 bits per heavy atom. The van der Waals surface area contributed by atoms with Crippen molar-refractivity contribution in [2.45, 2.75) is 18.7 Å². The standard InChI is InChI=1S/C6H11N3O3S/c1-4(7)6-8-5(9-12-6)3-13(2,10)11/h4H,3,7H2,1-2H3/t4-/m0/s1. The van der Waals surface area contributed by atoms with Crippen LogP contribution in [0.1, 0.15) is 24.7 Å². The van der Waals surface area contributed by atoms with E-state index in [1.165, 1.54) is 0 Å². The lowest BCUT2D eigenvalue weighted by Gasteiger charge is -1.93. The normalized spacial score (nSPS) is 14.4. The van der Waals surface area contributed by atoms with Gasteiger partial charge >= 0.3 is 0 Å². The summed E-state index contributed by atoms with van der Waals surface area (Å²) in [4.78, 5) is 3.81. The second-order valence-electron chi connectivity index (χ2n) is 2.91. The zero-order chi connectivity index (χ0) is 10.1. The number of nitrogens with two attached hydrogens (primary N) is 1. The van der Waals surface area contributed by atoms with Gasteiger partial charge in [-0.05, 0) is 6.92 Å². The molecular formula is C6H11N3O3S. The van der Waals surface area contributed by atoms with Crippen molar-refractivity contribution in [3.05, 3.63) is 11.7 Å². The Morgan fingerprint density at radius 3 is 2.62 bits per heavy atom. The van der Waals surface area contributed by atoms with Crippen LogP contribution in [0, 0.1) is 0 Å². The summed E-state index contributed by atoms with van der Waals surface area (Å²) in [5.41, 5.74) is 5.45. The van der Waals surface area contributed by atoms with Gasteiger partial charge in [-0.3, -0.25) is 0 Å². The van der Waals surface area contributed by atoms with Crippen LogP contribution in [-0.4, -0.2) is 24.8 Å². The molecule has 2 N–H and O–H groups in total. The SMILES string of the molecule is C[C@H](N)c1nc(CS(C)(=O)=O)no1. The Bertz CT molecular complexity index is 382. The molecule has 0 saturated heterocycles. The first-order valence-electron chi connectivity index (χ1n) is 3.64. The third kappa shape index (κ3) is 3.11. The second kappa shape index (κ2) is 3.43. The van der Waals surface area contributed by atoms with Crippen LogP contribution in [0.5, 0.6) is 0 Å². The first-order valence-corrected chi connectivity index (χ1v) is 5.70. The van der Waals surface area contributed by atoms with Gasteiger partial charge in [0.25, 0.3) is 0 Å². The molecule has 1 heterocycles. The highest BCUT2D eigenvalue weighted by Gasteiger charge is 2.13. The Balaban J connectivity index is 2.81. The molecule has 0 unspecified atom stereocenters. The van der Waals surface area contributed by atoms with E-state index in [1.54, 1.807) is 6.92 Å². The van der Waals surface area contributed by atoms with Gasteiger partial charge in [-0.2, -0.15) is 4.98 Å². The molecule has 1 aromatic rings. The summed E-state index contributed by atoms with van der Waals surface area (Å²) in [7, 11) is -3.12. The number of nitrogens with zero attached hydrogens (tertiary/aromatic N) is 2. The molecule has 0 saturated carbocycles.